The van der Waals surface area contributed by atoms with Crippen LogP contribution < -0.4 is 5.73 Å². The van der Waals surface area contributed by atoms with E-state index in [9.17, 15) is 5.11 Å². The van der Waals surface area contributed by atoms with Crippen molar-refractivity contribution >= 4 is 38.8 Å². The maximum absolute atomic E-state index is 10.0. The highest BCUT2D eigenvalue weighted by Gasteiger charge is 2.13. The zero-order chi connectivity index (χ0) is 16.0. The summed E-state index contributed by atoms with van der Waals surface area (Å²) < 4.78 is 0. The van der Waals surface area contributed by atoms with Crippen molar-refractivity contribution in [1.82, 2.24) is 0 Å². The minimum absolute atomic E-state index is 0.00439. The number of halogens is 1. The summed E-state index contributed by atoms with van der Waals surface area (Å²) in [7, 11) is 0. The highest BCUT2D eigenvalue weighted by molar-refractivity contribution is 6.31. The molecule has 0 spiro atoms. The van der Waals surface area contributed by atoms with Gasteiger partial charge in [-0.25, -0.2) is 0 Å². The van der Waals surface area contributed by atoms with Gasteiger partial charge in [0.05, 0.1) is 5.69 Å². The van der Waals surface area contributed by atoms with Gasteiger partial charge in [-0.3, -0.25) is 0 Å². The van der Waals surface area contributed by atoms with Gasteiger partial charge in [0, 0.05) is 16.7 Å². The molecule has 0 unspecified atom stereocenters. The largest absolute Gasteiger partial charge is 0.506 e. The Bertz CT molecular complexity index is 1060. The summed E-state index contributed by atoms with van der Waals surface area (Å²) in [6, 6.07) is 21.8. The smallest absolute Gasteiger partial charge is 0.140 e. The Morgan fingerprint density at radius 2 is 1.39 bits per heavy atom. The Morgan fingerprint density at radius 3 is 2.17 bits per heavy atom. The molecule has 23 heavy (non-hydrogen) atoms. The van der Waals surface area contributed by atoms with Crippen LogP contribution in [0.2, 0.25) is 5.02 Å². The van der Waals surface area contributed by atoms with E-state index < -0.39 is 0 Å². The monoisotopic (exact) mass is 319 g/mol. The van der Waals surface area contributed by atoms with Gasteiger partial charge in [0.25, 0.3) is 0 Å². The third kappa shape index (κ3) is 2.19. The van der Waals surface area contributed by atoms with Crippen LogP contribution in [0.3, 0.4) is 0 Å². The van der Waals surface area contributed by atoms with Gasteiger partial charge in [-0.05, 0) is 39.2 Å². The van der Waals surface area contributed by atoms with Crippen LogP contribution in [-0.4, -0.2) is 5.11 Å². The van der Waals surface area contributed by atoms with Crippen molar-refractivity contribution in [1.29, 1.82) is 0 Å². The Labute approximate surface area is 138 Å². The number of phenols is 1. The van der Waals surface area contributed by atoms with Gasteiger partial charge in [-0.2, -0.15) is 0 Å². The molecular weight excluding hydrogens is 306 g/mol. The van der Waals surface area contributed by atoms with E-state index in [1.165, 1.54) is 11.5 Å². The van der Waals surface area contributed by atoms with Crippen molar-refractivity contribution in [2.75, 3.05) is 5.73 Å². The number of hydrogen-bond donors (Lipinski definition) is 2. The lowest BCUT2D eigenvalue weighted by molar-refractivity contribution is 0.478. The summed E-state index contributed by atoms with van der Waals surface area (Å²) in [5.41, 5.74) is 8.17. The molecule has 0 fully saturated rings. The second kappa shape index (κ2) is 5.18. The van der Waals surface area contributed by atoms with Crippen molar-refractivity contribution in [3.8, 4) is 16.9 Å². The zero-order valence-electron chi connectivity index (χ0n) is 12.3. The summed E-state index contributed by atoms with van der Waals surface area (Å²) in [4.78, 5) is 0. The minimum Gasteiger partial charge on any atom is -0.506 e. The van der Waals surface area contributed by atoms with Crippen molar-refractivity contribution < 1.29 is 5.11 Å². The van der Waals surface area contributed by atoms with E-state index in [0.717, 1.165) is 27.3 Å². The molecule has 4 aromatic carbocycles. The standard InChI is InChI=1S/C20H14ClNO/c21-13-10-18(20(22)19(23)11-13)17-9-12-5-1-2-6-14(12)15-7-3-4-8-16(15)17/h1-11,23H,22H2. The van der Waals surface area contributed by atoms with Crippen LogP contribution in [0.5, 0.6) is 5.75 Å². The fourth-order valence-electron chi connectivity index (χ4n) is 3.10. The van der Waals surface area contributed by atoms with Gasteiger partial charge in [0.2, 0.25) is 0 Å². The topological polar surface area (TPSA) is 46.2 Å². The first-order valence-corrected chi connectivity index (χ1v) is 7.72. The molecule has 0 aliphatic carbocycles. The highest BCUT2D eigenvalue weighted by Crippen LogP contribution is 2.41. The quantitative estimate of drug-likeness (QED) is 0.272. The molecule has 2 nitrogen and oxygen atoms in total. The van der Waals surface area contributed by atoms with E-state index >= 15 is 0 Å². The third-order valence-corrected chi connectivity index (χ3v) is 4.40. The number of hydrogen-bond acceptors (Lipinski definition) is 2. The van der Waals surface area contributed by atoms with E-state index in [1.54, 1.807) is 6.07 Å². The summed E-state index contributed by atoms with van der Waals surface area (Å²) in [5, 5.41) is 15.0. The van der Waals surface area contributed by atoms with Crippen LogP contribution in [0.25, 0.3) is 32.7 Å². The fourth-order valence-corrected chi connectivity index (χ4v) is 3.32. The van der Waals surface area contributed by atoms with Crippen molar-refractivity contribution in [2.45, 2.75) is 0 Å². The van der Waals surface area contributed by atoms with E-state index in [4.69, 9.17) is 17.3 Å². The number of aromatic hydroxyl groups is 1. The predicted octanol–water partition coefficient (Wildman–Crippen LogP) is 5.60. The Morgan fingerprint density at radius 1 is 0.739 bits per heavy atom. The molecule has 4 rings (SSSR count). The average Bonchev–Trinajstić information content (AvgIpc) is 2.57. The molecule has 112 valence electrons. The summed E-state index contributed by atoms with van der Waals surface area (Å²) >= 11 is 6.13. The normalized spacial score (nSPS) is 11.2. The average molecular weight is 320 g/mol. The molecule has 0 heterocycles. The van der Waals surface area contributed by atoms with Crippen LogP contribution in [0.15, 0.2) is 66.7 Å². The Balaban J connectivity index is 2.19. The van der Waals surface area contributed by atoms with Crippen LogP contribution in [-0.2, 0) is 0 Å². The molecule has 4 aromatic rings. The Hall–Kier alpha value is -2.71. The molecule has 0 atom stereocenters. The molecular formula is C20H14ClNO. The second-order valence-corrected chi connectivity index (χ2v) is 6.01. The van der Waals surface area contributed by atoms with Gasteiger partial charge < -0.3 is 10.8 Å². The van der Waals surface area contributed by atoms with Gasteiger partial charge in [0.15, 0.2) is 0 Å². The van der Waals surface area contributed by atoms with Gasteiger partial charge in [-0.15, -0.1) is 0 Å². The lowest BCUT2D eigenvalue weighted by Crippen LogP contribution is -1.92. The van der Waals surface area contributed by atoms with Gasteiger partial charge >= 0.3 is 0 Å². The first kappa shape index (κ1) is 13.9. The van der Waals surface area contributed by atoms with Gasteiger partial charge in [-0.1, -0.05) is 60.1 Å². The molecule has 0 bridgehead atoms. The fraction of sp³-hybridized carbons (Fsp3) is 0. The number of phenolic OH excluding ortho intramolecular Hbond substituents is 1. The molecule has 0 aromatic heterocycles. The molecule has 0 saturated heterocycles. The lowest BCUT2D eigenvalue weighted by atomic mass is 9.92. The van der Waals surface area contributed by atoms with Crippen molar-refractivity contribution in [2.24, 2.45) is 0 Å². The summed E-state index contributed by atoms with van der Waals surface area (Å²) in [6.07, 6.45) is 0. The van der Waals surface area contributed by atoms with E-state index in [2.05, 4.69) is 30.3 Å². The van der Waals surface area contributed by atoms with E-state index in [-0.39, 0.29) is 5.75 Å². The first-order chi connectivity index (χ1) is 11.1. The maximum Gasteiger partial charge on any atom is 0.140 e. The van der Waals surface area contributed by atoms with Crippen molar-refractivity contribution in [3.63, 3.8) is 0 Å². The number of rotatable bonds is 1. The summed E-state index contributed by atoms with van der Waals surface area (Å²) in [5.74, 6) is 0.00439. The van der Waals surface area contributed by atoms with Gasteiger partial charge in [0.1, 0.15) is 5.75 Å². The second-order valence-electron chi connectivity index (χ2n) is 5.58. The van der Waals surface area contributed by atoms with E-state index in [1.807, 2.05) is 24.3 Å². The Kier molecular flexibility index (Phi) is 3.14. The number of nitrogen functional groups attached to an aromatic ring is 1. The maximum atomic E-state index is 10.0. The number of fused-ring (bicyclic) bond motifs is 3. The molecule has 3 N–H and O–H groups in total. The molecule has 0 aliphatic rings. The van der Waals surface area contributed by atoms with E-state index in [0.29, 0.717) is 10.7 Å². The number of nitrogens with two attached hydrogens (primary N) is 1. The van der Waals surface area contributed by atoms with Crippen LogP contribution in [0.4, 0.5) is 5.69 Å². The molecule has 0 saturated carbocycles. The summed E-state index contributed by atoms with van der Waals surface area (Å²) in [6.45, 7) is 0. The molecule has 0 radical (unpaired) electrons. The lowest BCUT2D eigenvalue weighted by Gasteiger charge is -2.14. The third-order valence-electron chi connectivity index (χ3n) is 4.18. The van der Waals surface area contributed by atoms with Crippen LogP contribution >= 0.6 is 11.6 Å². The minimum atomic E-state index is 0.00439. The first-order valence-electron chi connectivity index (χ1n) is 7.34. The predicted molar refractivity (Wildman–Crippen MR) is 98.0 cm³/mol. The SMILES string of the molecule is Nc1c(O)cc(Cl)cc1-c1cc2ccccc2c2ccccc12. The highest BCUT2D eigenvalue weighted by atomic mass is 35.5. The molecule has 3 heteroatoms. The van der Waals surface area contributed by atoms with Crippen LogP contribution in [0, 0.1) is 0 Å². The molecule has 0 aliphatic heterocycles. The van der Waals surface area contributed by atoms with Crippen molar-refractivity contribution in [3.05, 3.63) is 71.8 Å². The zero-order valence-corrected chi connectivity index (χ0v) is 13.0. The number of anilines is 1. The molecule has 0 amide bonds. The van der Waals surface area contributed by atoms with Crippen LogP contribution in [0.1, 0.15) is 0 Å². The number of benzene rings is 4.